The Balaban J connectivity index is 1.22. The smallest absolute Gasteiger partial charge is 0.243 e. The third kappa shape index (κ3) is 7.04. The average Bonchev–Trinajstić information content (AvgIpc) is 3.66. The van der Waals surface area contributed by atoms with Crippen LogP contribution in [0.1, 0.15) is 69.1 Å². The molecule has 1 aliphatic carbocycles. The van der Waals surface area contributed by atoms with Gasteiger partial charge in [0.1, 0.15) is 17.8 Å². The topological polar surface area (TPSA) is 84.9 Å². The van der Waals surface area contributed by atoms with Gasteiger partial charge in [-0.3, -0.25) is 14.5 Å². The second kappa shape index (κ2) is 13.2. The summed E-state index contributed by atoms with van der Waals surface area (Å²) in [6.45, 7) is 8.49. The second-order valence-electron chi connectivity index (χ2n) is 13.0. The summed E-state index contributed by atoms with van der Waals surface area (Å²) >= 11 is 0. The van der Waals surface area contributed by atoms with Gasteiger partial charge in [0.05, 0.1) is 12.1 Å². The lowest BCUT2D eigenvalue weighted by atomic mass is 9.93. The molecule has 0 bridgehead atoms. The third-order valence-electron chi connectivity index (χ3n) is 9.42. The molecule has 7 nitrogen and oxygen atoms in total. The summed E-state index contributed by atoms with van der Waals surface area (Å²) < 4.78 is 14.6. The van der Waals surface area contributed by atoms with Gasteiger partial charge in [0, 0.05) is 39.1 Å². The molecule has 2 heterocycles. The van der Waals surface area contributed by atoms with Crippen LogP contribution in [-0.2, 0) is 22.6 Å². The van der Waals surface area contributed by atoms with E-state index in [4.69, 9.17) is 0 Å². The SMILES string of the molecule is CC(C)c1cccc(CNC[C@@H](O)[C@H](Cc2ccccc2)NC(=O)C(C)N2CC[C@]3(C[C@H](F)CN3CC3CC3)C2=O)c1. The van der Waals surface area contributed by atoms with Gasteiger partial charge in [-0.1, -0.05) is 68.4 Å². The number of carbonyl (C=O) groups is 2. The number of aliphatic hydroxyl groups is 1. The van der Waals surface area contributed by atoms with Crippen LogP contribution in [0.2, 0.25) is 0 Å². The standard InChI is InChI=1S/C34H47FN4O3/c1-23(2)28-11-7-10-27(16-28)19-36-20-31(40)30(17-25-8-5-4-6-9-25)37-32(41)24(3)39-15-14-34(33(39)42)18-29(35)22-38(34)21-26-12-13-26/h4-11,16,23-24,26,29-31,36,40H,12-15,17-22H2,1-3H3,(H,37,41)/t24?,29-,30-,31+,34-/m0/s1. The first-order valence-electron chi connectivity index (χ1n) is 15.7. The predicted molar refractivity (Wildman–Crippen MR) is 163 cm³/mol. The van der Waals surface area contributed by atoms with Crippen molar-refractivity contribution in [1.29, 1.82) is 0 Å². The van der Waals surface area contributed by atoms with Crippen molar-refractivity contribution >= 4 is 11.8 Å². The number of benzene rings is 2. The molecule has 1 unspecified atom stereocenters. The summed E-state index contributed by atoms with van der Waals surface area (Å²) in [5.74, 6) is 0.571. The molecule has 5 rings (SSSR count). The number of halogens is 1. The maximum Gasteiger partial charge on any atom is 0.243 e. The Hall–Kier alpha value is -2.81. The molecule has 2 aromatic rings. The van der Waals surface area contributed by atoms with Gasteiger partial charge in [-0.15, -0.1) is 0 Å². The van der Waals surface area contributed by atoms with Crippen LogP contribution in [0.15, 0.2) is 54.6 Å². The lowest BCUT2D eigenvalue weighted by Gasteiger charge is -2.34. The Bertz CT molecular complexity index is 1220. The highest BCUT2D eigenvalue weighted by atomic mass is 19.1. The van der Waals surface area contributed by atoms with Crippen LogP contribution in [0, 0.1) is 5.92 Å². The van der Waals surface area contributed by atoms with E-state index in [0.29, 0.717) is 50.9 Å². The van der Waals surface area contributed by atoms with E-state index < -0.39 is 29.9 Å². The van der Waals surface area contributed by atoms with Crippen molar-refractivity contribution in [2.24, 2.45) is 5.92 Å². The van der Waals surface area contributed by atoms with E-state index in [0.717, 1.165) is 30.5 Å². The Morgan fingerprint density at radius 3 is 2.55 bits per heavy atom. The number of nitrogens with zero attached hydrogens (tertiary/aromatic N) is 2. The zero-order valence-electron chi connectivity index (χ0n) is 25.3. The lowest BCUT2D eigenvalue weighted by Crippen LogP contribution is -2.57. The van der Waals surface area contributed by atoms with E-state index in [1.807, 2.05) is 30.3 Å². The van der Waals surface area contributed by atoms with Gasteiger partial charge in [0.15, 0.2) is 0 Å². The summed E-state index contributed by atoms with van der Waals surface area (Å²) in [4.78, 5) is 31.0. The number of alkyl halides is 1. The highest BCUT2D eigenvalue weighted by Crippen LogP contribution is 2.43. The molecular formula is C34H47FN4O3. The first-order chi connectivity index (χ1) is 20.2. The number of likely N-dealkylation sites (tertiary alicyclic amines) is 2. The molecule has 3 aliphatic rings. The first kappa shape index (κ1) is 30.6. The average molecular weight is 579 g/mol. The summed E-state index contributed by atoms with van der Waals surface area (Å²) in [7, 11) is 0. The Morgan fingerprint density at radius 2 is 1.83 bits per heavy atom. The molecule has 8 heteroatoms. The van der Waals surface area contributed by atoms with Crippen molar-refractivity contribution < 1.29 is 19.1 Å². The number of aliphatic hydroxyl groups excluding tert-OH is 1. The van der Waals surface area contributed by atoms with Gasteiger partial charge >= 0.3 is 0 Å². The van der Waals surface area contributed by atoms with Crippen LogP contribution in [0.5, 0.6) is 0 Å². The number of amides is 2. The summed E-state index contributed by atoms with van der Waals surface area (Å²) in [5.41, 5.74) is 2.60. The van der Waals surface area contributed by atoms with Crippen LogP contribution in [0.4, 0.5) is 4.39 Å². The highest BCUT2D eigenvalue weighted by molar-refractivity contribution is 5.94. The normalized spacial score (nSPS) is 24.9. The fourth-order valence-electron chi connectivity index (χ4n) is 6.63. The highest BCUT2D eigenvalue weighted by Gasteiger charge is 2.58. The monoisotopic (exact) mass is 578 g/mol. The van der Waals surface area contributed by atoms with Gasteiger partial charge < -0.3 is 20.6 Å². The minimum atomic E-state index is -1.01. The number of carbonyl (C=O) groups excluding carboxylic acids is 2. The van der Waals surface area contributed by atoms with Crippen molar-refractivity contribution in [3.05, 3.63) is 71.3 Å². The molecule has 5 atom stereocenters. The van der Waals surface area contributed by atoms with E-state index in [9.17, 15) is 19.1 Å². The second-order valence-corrected chi connectivity index (χ2v) is 13.0. The number of rotatable bonds is 13. The number of nitrogens with one attached hydrogen (secondary N) is 2. The van der Waals surface area contributed by atoms with Gasteiger partial charge in [-0.05, 0) is 61.1 Å². The van der Waals surface area contributed by atoms with E-state index in [-0.39, 0.29) is 18.2 Å². The zero-order chi connectivity index (χ0) is 29.9. The Morgan fingerprint density at radius 1 is 1.10 bits per heavy atom. The first-order valence-corrected chi connectivity index (χ1v) is 15.7. The molecule has 3 N–H and O–H groups in total. The van der Waals surface area contributed by atoms with Gasteiger partial charge in [-0.2, -0.15) is 0 Å². The van der Waals surface area contributed by atoms with E-state index in [1.54, 1.807) is 11.8 Å². The Labute approximate surface area is 249 Å². The number of hydrogen-bond donors (Lipinski definition) is 3. The van der Waals surface area contributed by atoms with Crippen molar-refractivity contribution in [3.63, 3.8) is 0 Å². The van der Waals surface area contributed by atoms with E-state index in [1.165, 1.54) is 5.56 Å². The Kier molecular flexibility index (Phi) is 9.65. The molecule has 228 valence electrons. The van der Waals surface area contributed by atoms with Crippen molar-refractivity contribution in [2.45, 2.75) is 95.2 Å². The fourth-order valence-corrected chi connectivity index (χ4v) is 6.63. The molecular weight excluding hydrogens is 531 g/mol. The molecule has 0 radical (unpaired) electrons. The molecule has 0 aromatic heterocycles. The van der Waals surface area contributed by atoms with Crippen molar-refractivity contribution in [1.82, 2.24) is 20.4 Å². The molecule has 2 amide bonds. The van der Waals surface area contributed by atoms with Crippen LogP contribution < -0.4 is 10.6 Å². The van der Waals surface area contributed by atoms with Crippen LogP contribution in [0.3, 0.4) is 0 Å². The maximum absolute atomic E-state index is 14.6. The van der Waals surface area contributed by atoms with Crippen LogP contribution in [0.25, 0.3) is 0 Å². The van der Waals surface area contributed by atoms with Gasteiger partial charge in [0.2, 0.25) is 11.8 Å². The fraction of sp³-hybridized carbons (Fsp3) is 0.588. The van der Waals surface area contributed by atoms with Gasteiger partial charge in [-0.25, -0.2) is 4.39 Å². The minimum absolute atomic E-state index is 0.128. The largest absolute Gasteiger partial charge is 0.390 e. The predicted octanol–water partition coefficient (Wildman–Crippen LogP) is 3.80. The van der Waals surface area contributed by atoms with E-state index in [2.05, 4.69) is 53.6 Å². The quantitative estimate of drug-likeness (QED) is 0.337. The molecule has 42 heavy (non-hydrogen) atoms. The molecule has 1 saturated carbocycles. The number of hydrogen-bond acceptors (Lipinski definition) is 5. The minimum Gasteiger partial charge on any atom is -0.390 e. The van der Waals surface area contributed by atoms with Gasteiger partial charge in [0.25, 0.3) is 0 Å². The van der Waals surface area contributed by atoms with Crippen LogP contribution >= 0.6 is 0 Å². The molecule has 2 aliphatic heterocycles. The van der Waals surface area contributed by atoms with Crippen LogP contribution in [-0.4, -0.2) is 82.8 Å². The van der Waals surface area contributed by atoms with Crippen molar-refractivity contribution in [2.75, 3.05) is 26.2 Å². The molecule has 3 fully saturated rings. The molecule has 2 saturated heterocycles. The maximum atomic E-state index is 14.6. The van der Waals surface area contributed by atoms with E-state index >= 15 is 0 Å². The molecule has 2 aromatic carbocycles. The molecule has 1 spiro atoms. The zero-order valence-corrected chi connectivity index (χ0v) is 25.3. The third-order valence-corrected chi connectivity index (χ3v) is 9.42. The summed E-state index contributed by atoms with van der Waals surface area (Å²) in [6, 6.07) is 16.9. The van der Waals surface area contributed by atoms with Crippen molar-refractivity contribution in [3.8, 4) is 0 Å². The summed E-state index contributed by atoms with van der Waals surface area (Å²) in [6.07, 6.45) is 1.66. The summed E-state index contributed by atoms with van der Waals surface area (Å²) in [5, 5.41) is 17.7. The lowest BCUT2D eigenvalue weighted by molar-refractivity contribution is -0.143.